The lowest BCUT2D eigenvalue weighted by molar-refractivity contribution is -0.139. The van der Waals surface area contributed by atoms with Gasteiger partial charge in [-0.3, -0.25) is 9.05 Å². The van der Waals surface area contributed by atoms with Gasteiger partial charge in [-0.2, -0.15) is 0 Å². The van der Waals surface area contributed by atoms with Gasteiger partial charge in [-0.15, -0.1) is 0 Å². The highest BCUT2D eigenvalue weighted by Crippen LogP contribution is 2.42. The van der Waals surface area contributed by atoms with Gasteiger partial charge >= 0.3 is 13.8 Å². The number of hydrogen-bond donors (Lipinski definition) is 2. The normalized spacial score (nSPS) is 14.1. The van der Waals surface area contributed by atoms with Crippen LogP contribution in [0, 0.1) is 0 Å². The summed E-state index contributed by atoms with van der Waals surface area (Å²) >= 11 is 0. The standard InChI is InChI=1S/C9H18NO6P/c1-8(2)9(11)14-5-3-6-15-17(12,13)16-7-4-10/h1,3-7,10H2,2H3,(H,12,13). The average molecular weight is 267 g/mol. The number of phosphoric acid groups is 1. The number of carbonyl (C=O) groups is 1. The molecule has 0 aromatic carbocycles. The van der Waals surface area contributed by atoms with Crippen LogP contribution in [0.2, 0.25) is 0 Å². The van der Waals surface area contributed by atoms with Gasteiger partial charge < -0.3 is 15.4 Å². The highest BCUT2D eigenvalue weighted by Gasteiger charge is 2.19. The molecular formula is C9H18NO6P. The van der Waals surface area contributed by atoms with Crippen LogP contribution in [0.15, 0.2) is 12.2 Å². The molecule has 1 atom stereocenters. The molecule has 3 N–H and O–H groups in total. The summed E-state index contributed by atoms with van der Waals surface area (Å²) in [5.41, 5.74) is 5.39. The Balaban J connectivity index is 3.60. The van der Waals surface area contributed by atoms with Crippen molar-refractivity contribution in [1.82, 2.24) is 0 Å². The van der Waals surface area contributed by atoms with E-state index in [4.69, 9.17) is 15.4 Å². The summed E-state index contributed by atoms with van der Waals surface area (Å²) in [5, 5.41) is 0. The number of phosphoric ester groups is 1. The lowest BCUT2D eigenvalue weighted by Gasteiger charge is -2.11. The van der Waals surface area contributed by atoms with E-state index in [1.165, 1.54) is 6.92 Å². The minimum atomic E-state index is -4.03. The lowest BCUT2D eigenvalue weighted by atomic mass is 10.4. The molecule has 0 fully saturated rings. The van der Waals surface area contributed by atoms with E-state index in [-0.39, 0.29) is 32.8 Å². The largest absolute Gasteiger partial charge is 0.472 e. The summed E-state index contributed by atoms with van der Waals surface area (Å²) in [7, 11) is -4.03. The SMILES string of the molecule is C=C(C)C(=O)OCCCOP(=O)(O)OCCN. The van der Waals surface area contributed by atoms with Crippen LogP contribution in [0.4, 0.5) is 0 Å². The molecule has 0 heterocycles. The van der Waals surface area contributed by atoms with Crippen molar-refractivity contribution in [2.75, 3.05) is 26.4 Å². The van der Waals surface area contributed by atoms with E-state index in [1.54, 1.807) is 0 Å². The lowest BCUT2D eigenvalue weighted by Crippen LogP contribution is -2.10. The maximum atomic E-state index is 11.1. The van der Waals surface area contributed by atoms with E-state index in [0.29, 0.717) is 5.57 Å². The van der Waals surface area contributed by atoms with Crippen molar-refractivity contribution in [1.29, 1.82) is 0 Å². The van der Waals surface area contributed by atoms with Crippen LogP contribution in [0.1, 0.15) is 13.3 Å². The molecule has 0 aromatic rings. The molecule has 0 bridgehead atoms. The van der Waals surface area contributed by atoms with Crippen molar-refractivity contribution in [3.8, 4) is 0 Å². The Morgan fingerprint density at radius 1 is 1.35 bits per heavy atom. The molecule has 0 aliphatic heterocycles. The summed E-state index contributed by atoms with van der Waals surface area (Å²) < 4.78 is 24.9. The van der Waals surface area contributed by atoms with Crippen LogP contribution in [-0.2, 0) is 23.1 Å². The molecule has 0 saturated carbocycles. The quantitative estimate of drug-likeness (QED) is 0.272. The first-order valence-corrected chi connectivity index (χ1v) is 6.53. The van der Waals surface area contributed by atoms with Crippen molar-refractivity contribution in [3.63, 3.8) is 0 Å². The summed E-state index contributed by atoms with van der Waals surface area (Å²) in [6.07, 6.45) is 0.287. The molecule has 7 nitrogen and oxygen atoms in total. The van der Waals surface area contributed by atoms with Gasteiger partial charge in [0, 0.05) is 18.5 Å². The highest BCUT2D eigenvalue weighted by atomic mass is 31.2. The second-order valence-corrected chi connectivity index (χ2v) is 4.65. The Labute approximate surface area is 100 Å². The third-order valence-corrected chi connectivity index (χ3v) is 2.51. The van der Waals surface area contributed by atoms with E-state index < -0.39 is 13.8 Å². The summed E-state index contributed by atoms with van der Waals surface area (Å²) in [4.78, 5) is 20.0. The third-order valence-electron chi connectivity index (χ3n) is 1.50. The minimum absolute atomic E-state index is 0.0538. The molecule has 0 aliphatic rings. The first-order valence-electron chi connectivity index (χ1n) is 5.03. The van der Waals surface area contributed by atoms with Crippen molar-refractivity contribution in [2.24, 2.45) is 5.73 Å². The fourth-order valence-corrected chi connectivity index (χ4v) is 1.50. The first kappa shape index (κ1) is 16.3. The summed E-state index contributed by atoms with van der Waals surface area (Å²) in [6, 6.07) is 0. The third kappa shape index (κ3) is 9.02. The van der Waals surface area contributed by atoms with Crippen LogP contribution in [0.5, 0.6) is 0 Å². The second-order valence-electron chi connectivity index (χ2n) is 3.19. The maximum absolute atomic E-state index is 11.1. The van der Waals surface area contributed by atoms with Crippen molar-refractivity contribution in [2.45, 2.75) is 13.3 Å². The van der Waals surface area contributed by atoms with E-state index >= 15 is 0 Å². The van der Waals surface area contributed by atoms with Gasteiger partial charge in [-0.25, -0.2) is 9.36 Å². The monoisotopic (exact) mass is 267 g/mol. The number of nitrogens with two attached hydrogens (primary N) is 1. The first-order chi connectivity index (χ1) is 7.89. The molecule has 0 aliphatic carbocycles. The Morgan fingerprint density at radius 3 is 2.47 bits per heavy atom. The van der Waals surface area contributed by atoms with Crippen LogP contribution in [0.25, 0.3) is 0 Å². The highest BCUT2D eigenvalue weighted by molar-refractivity contribution is 7.47. The van der Waals surface area contributed by atoms with Crippen molar-refractivity contribution in [3.05, 3.63) is 12.2 Å². The smallest absolute Gasteiger partial charge is 0.462 e. The molecule has 0 spiro atoms. The molecule has 0 amide bonds. The minimum Gasteiger partial charge on any atom is -0.462 e. The predicted octanol–water partition coefficient (Wildman–Crippen LogP) is 0.588. The Morgan fingerprint density at radius 2 is 1.94 bits per heavy atom. The fraction of sp³-hybridized carbons (Fsp3) is 0.667. The zero-order chi connectivity index (χ0) is 13.3. The van der Waals surface area contributed by atoms with E-state index in [2.05, 4.69) is 15.6 Å². The fourth-order valence-electron chi connectivity index (χ4n) is 0.732. The molecular weight excluding hydrogens is 249 g/mol. The van der Waals surface area contributed by atoms with Crippen LogP contribution < -0.4 is 5.73 Å². The van der Waals surface area contributed by atoms with Gasteiger partial charge in [0.15, 0.2) is 0 Å². The topological polar surface area (TPSA) is 108 Å². The summed E-state index contributed by atoms with van der Waals surface area (Å²) in [6.45, 7) is 5.04. The molecule has 0 radical (unpaired) electrons. The molecule has 100 valence electrons. The van der Waals surface area contributed by atoms with Crippen LogP contribution >= 0.6 is 7.82 Å². The average Bonchev–Trinajstić information content (AvgIpc) is 2.25. The van der Waals surface area contributed by atoms with Crippen LogP contribution in [-0.4, -0.2) is 37.2 Å². The number of ether oxygens (including phenoxy) is 1. The Bertz CT molecular complexity index is 306. The van der Waals surface area contributed by atoms with E-state index in [1.807, 2.05) is 0 Å². The van der Waals surface area contributed by atoms with Gasteiger partial charge in [0.25, 0.3) is 0 Å². The van der Waals surface area contributed by atoms with Gasteiger partial charge in [-0.1, -0.05) is 6.58 Å². The number of hydrogen-bond acceptors (Lipinski definition) is 6. The zero-order valence-electron chi connectivity index (χ0n) is 9.76. The Kier molecular flexibility index (Phi) is 8.03. The van der Waals surface area contributed by atoms with Gasteiger partial charge in [0.05, 0.1) is 19.8 Å². The molecule has 0 aromatic heterocycles. The molecule has 17 heavy (non-hydrogen) atoms. The van der Waals surface area contributed by atoms with Gasteiger partial charge in [0.1, 0.15) is 0 Å². The number of esters is 1. The molecule has 0 saturated heterocycles. The summed E-state index contributed by atoms with van der Waals surface area (Å²) in [5.74, 6) is -0.503. The van der Waals surface area contributed by atoms with Gasteiger partial charge in [-0.05, 0) is 6.92 Å². The van der Waals surface area contributed by atoms with Crippen LogP contribution in [0.3, 0.4) is 0 Å². The van der Waals surface area contributed by atoms with Gasteiger partial charge in [0.2, 0.25) is 0 Å². The van der Waals surface area contributed by atoms with Crippen molar-refractivity contribution < 1.29 is 28.0 Å². The Hall–Kier alpha value is -0.720. The second kappa shape index (κ2) is 8.38. The predicted molar refractivity (Wildman–Crippen MR) is 61.2 cm³/mol. The van der Waals surface area contributed by atoms with Crippen molar-refractivity contribution >= 4 is 13.8 Å². The molecule has 8 heteroatoms. The number of carbonyl (C=O) groups excluding carboxylic acids is 1. The van der Waals surface area contributed by atoms with E-state index in [9.17, 15) is 9.36 Å². The maximum Gasteiger partial charge on any atom is 0.472 e. The number of rotatable bonds is 9. The molecule has 0 rings (SSSR count). The van der Waals surface area contributed by atoms with E-state index in [0.717, 1.165) is 0 Å². The molecule has 1 unspecified atom stereocenters. The zero-order valence-corrected chi connectivity index (χ0v) is 10.7.